The Bertz CT molecular complexity index is 590. The molecule has 1 aliphatic carbocycles. The summed E-state index contributed by atoms with van der Waals surface area (Å²) in [6.45, 7) is 4.73. The van der Waals surface area contributed by atoms with Crippen LogP contribution in [0.3, 0.4) is 0 Å². The fraction of sp³-hybridized carbons (Fsp3) is 0.500. The van der Waals surface area contributed by atoms with Crippen LogP contribution in [-0.2, 0) is 14.3 Å². The summed E-state index contributed by atoms with van der Waals surface area (Å²) >= 11 is 1.32. The zero-order valence-corrected chi connectivity index (χ0v) is 13.1. The first-order chi connectivity index (χ1) is 9.88. The van der Waals surface area contributed by atoms with Crippen molar-refractivity contribution in [1.29, 1.82) is 0 Å². The molecule has 2 rings (SSSR count). The molecule has 0 atom stereocenters. The zero-order valence-electron chi connectivity index (χ0n) is 12.2. The van der Waals surface area contributed by atoms with Gasteiger partial charge in [0.1, 0.15) is 5.00 Å². The van der Waals surface area contributed by atoms with E-state index in [0.29, 0.717) is 10.6 Å². The van der Waals surface area contributed by atoms with Crippen LogP contribution in [0.5, 0.6) is 0 Å². The molecule has 0 spiro atoms. The molecule has 114 valence electrons. The van der Waals surface area contributed by atoms with Crippen molar-refractivity contribution < 1.29 is 19.1 Å². The molecule has 0 unspecified atom stereocenters. The fourth-order valence-electron chi connectivity index (χ4n) is 1.82. The van der Waals surface area contributed by atoms with Crippen molar-refractivity contribution in [3.8, 4) is 0 Å². The number of hydrogen-bond donors (Lipinski definition) is 2. The van der Waals surface area contributed by atoms with Crippen LogP contribution >= 0.6 is 11.3 Å². The standard InChI is InChI=1S/C14H18N2O4S/c1-7-8(2)21-13(15-9(3)17)12(7)14(19)20-6-11(18)16-10-4-5-10/h10H,4-6H2,1-3H3,(H,15,17)(H,16,18). The largest absolute Gasteiger partial charge is 0.452 e. The number of carbonyl (C=O) groups excluding carboxylic acids is 3. The maximum atomic E-state index is 12.1. The van der Waals surface area contributed by atoms with Crippen LogP contribution in [0.1, 0.15) is 40.6 Å². The molecule has 6 nitrogen and oxygen atoms in total. The molecular formula is C14H18N2O4S. The number of hydrogen-bond acceptors (Lipinski definition) is 5. The third kappa shape index (κ3) is 4.04. The Morgan fingerprint density at radius 2 is 1.95 bits per heavy atom. The summed E-state index contributed by atoms with van der Waals surface area (Å²) in [5, 5.41) is 5.83. The minimum absolute atomic E-state index is 0.233. The molecule has 2 N–H and O–H groups in total. The van der Waals surface area contributed by atoms with Gasteiger partial charge in [-0.3, -0.25) is 9.59 Å². The molecule has 1 heterocycles. The molecule has 1 aromatic heterocycles. The van der Waals surface area contributed by atoms with Gasteiger partial charge in [0.25, 0.3) is 5.91 Å². The van der Waals surface area contributed by atoms with Gasteiger partial charge in [0.05, 0.1) is 5.56 Å². The van der Waals surface area contributed by atoms with E-state index in [1.807, 2.05) is 6.92 Å². The molecule has 0 aromatic carbocycles. The average Bonchev–Trinajstić information content (AvgIpc) is 3.14. The maximum Gasteiger partial charge on any atom is 0.341 e. The smallest absolute Gasteiger partial charge is 0.341 e. The molecule has 21 heavy (non-hydrogen) atoms. The highest BCUT2D eigenvalue weighted by Crippen LogP contribution is 2.32. The lowest BCUT2D eigenvalue weighted by molar-refractivity contribution is -0.124. The number of esters is 1. The molecular weight excluding hydrogens is 292 g/mol. The number of amides is 2. The molecule has 0 saturated heterocycles. The lowest BCUT2D eigenvalue weighted by Gasteiger charge is -2.07. The molecule has 0 bridgehead atoms. The van der Waals surface area contributed by atoms with Crippen molar-refractivity contribution in [1.82, 2.24) is 5.32 Å². The molecule has 7 heteroatoms. The minimum atomic E-state index is -0.591. The highest BCUT2D eigenvalue weighted by molar-refractivity contribution is 7.16. The van der Waals surface area contributed by atoms with Crippen molar-refractivity contribution in [2.75, 3.05) is 11.9 Å². The second-order valence-corrected chi connectivity index (χ2v) is 6.31. The SMILES string of the molecule is CC(=O)Nc1sc(C)c(C)c1C(=O)OCC(=O)NC1CC1. The molecule has 1 aromatic rings. The van der Waals surface area contributed by atoms with Gasteiger partial charge in [-0.1, -0.05) is 0 Å². The van der Waals surface area contributed by atoms with Crippen molar-refractivity contribution in [2.45, 2.75) is 39.7 Å². The monoisotopic (exact) mass is 310 g/mol. The van der Waals surface area contributed by atoms with Crippen molar-refractivity contribution in [2.24, 2.45) is 0 Å². The number of aryl methyl sites for hydroxylation is 1. The first-order valence-electron chi connectivity index (χ1n) is 6.72. The number of ether oxygens (including phenoxy) is 1. The zero-order chi connectivity index (χ0) is 15.6. The summed E-state index contributed by atoms with van der Waals surface area (Å²) in [4.78, 5) is 35.8. The second kappa shape index (κ2) is 6.26. The van der Waals surface area contributed by atoms with Gasteiger partial charge in [0.2, 0.25) is 5.91 Å². The lowest BCUT2D eigenvalue weighted by Crippen LogP contribution is -2.30. The van der Waals surface area contributed by atoms with Gasteiger partial charge in [-0.25, -0.2) is 4.79 Å². The summed E-state index contributed by atoms with van der Waals surface area (Å²) in [7, 11) is 0. The van der Waals surface area contributed by atoms with E-state index in [2.05, 4.69) is 10.6 Å². The van der Waals surface area contributed by atoms with Crippen LogP contribution in [0.15, 0.2) is 0 Å². The van der Waals surface area contributed by atoms with Gasteiger partial charge in [-0.2, -0.15) is 0 Å². The van der Waals surface area contributed by atoms with Gasteiger partial charge >= 0.3 is 5.97 Å². The highest BCUT2D eigenvalue weighted by atomic mass is 32.1. The Morgan fingerprint density at radius 3 is 2.52 bits per heavy atom. The first-order valence-corrected chi connectivity index (χ1v) is 7.54. The van der Waals surface area contributed by atoms with E-state index in [4.69, 9.17) is 4.74 Å². The molecule has 1 fully saturated rings. The van der Waals surface area contributed by atoms with E-state index in [0.717, 1.165) is 23.3 Å². The lowest BCUT2D eigenvalue weighted by atomic mass is 10.1. The van der Waals surface area contributed by atoms with Crippen LogP contribution in [-0.4, -0.2) is 30.4 Å². The topological polar surface area (TPSA) is 84.5 Å². The molecule has 1 aliphatic rings. The molecule has 2 amide bonds. The Kier molecular flexibility index (Phi) is 4.62. The number of carbonyl (C=O) groups is 3. The van der Waals surface area contributed by atoms with Gasteiger partial charge in [0, 0.05) is 17.8 Å². The van der Waals surface area contributed by atoms with Crippen molar-refractivity contribution in [3.05, 3.63) is 16.0 Å². The van der Waals surface area contributed by atoms with E-state index in [1.165, 1.54) is 18.3 Å². The summed E-state index contributed by atoms with van der Waals surface area (Å²) in [5.41, 5.74) is 1.09. The number of rotatable bonds is 5. The highest BCUT2D eigenvalue weighted by Gasteiger charge is 2.25. The first kappa shape index (κ1) is 15.5. The average molecular weight is 310 g/mol. The second-order valence-electron chi connectivity index (χ2n) is 5.09. The predicted molar refractivity (Wildman–Crippen MR) is 79.5 cm³/mol. The normalized spacial score (nSPS) is 13.7. The van der Waals surface area contributed by atoms with Crippen LogP contribution < -0.4 is 10.6 Å². The van der Waals surface area contributed by atoms with E-state index < -0.39 is 5.97 Å². The van der Waals surface area contributed by atoms with E-state index in [1.54, 1.807) is 6.92 Å². The van der Waals surface area contributed by atoms with Gasteiger partial charge < -0.3 is 15.4 Å². The van der Waals surface area contributed by atoms with E-state index in [9.17, 15) is 14.4 Å². The summed E-state index contributed by atoms with van der Waals surface area (Å²) in [6, 6.07) is 0.233. The maximum absolute atomic E-state index is 12.1. The number of anilines is 1. The third-order valence-electron chi connectivity index (χ3n) is 3.16. The van der Waals surface area contributed by atoms with Gasteiger partial charge in [-0.05, 0) is 32.3 Å². The number of thiophene rings is 1. The Balaban J connectivity index is 2.03. The van der Waals surface area contributed by atoms with Gasteiger partial charge in [0.15, 0.2) is 6.61 Å². The summed E-state index contributed by atoms with van der Waals surface area (Å²) in [6.07, 6.45) is 1.96. The molecule has 0 radical (unpaired) electrons. The van der Waals surface area contributed by atoms with Crippen LogP contribution in [0, 0.1) is 13.8 Å². The quantitative estimate of drug-likeness (QED) is 0.812. The van der Waals surface area contributed by atoms with Crippen molar-refractivity contribution >= 4 is 34.1 Å². The third-order valence-corrected chi connectivity index (χ3v) is 4.28. The summed E-state index contributed by atoms with van der Waals surface area (Å²) < 4.78 is 5.04. The Morgan fingerprint density at radius 1 is 1.29 bits per heavy atom. The van der Waals surface area contributed by atoms with E-state index in [-0.39, 0.29) is 24.5 Å². The molecule has 0 aliphatic heterocycles. The fourth-order valence-corrected chi connectivity index (χ4v) is 2.92. The Labute approximate surface area is 126 Å². The predicted octanol–water partition coefficient (Wildman–Crippen LogP) is 1.76. The Hall–Kier alpha value is -1.89. The van der Waals surface area contributed by atoms with Crippen LogP contribution in [0.25, 0.3) is 0 Å². The van der Waals surface area contributed by atoms with Crippen molar-refractivity contribution in [3.63, 3.8) is 0 Å². The molecule has 1 saturated carbocycles. The van der Waals surface area contributed by atoms with E-state index >= 15 is 0 Å². The van der Waals surface area contributed by atoms with Gasteiger partial charge in [-0.15, -0.1) is 11.3 Å². The number of nitrogens with one attached hydrogen (secondary N) is 2. The minimum Gasteiger partial charge on any atom is -0.452 e. The van der Waals surface area contributed by atoms with Crippen LogP contribution in [0.2, 0.25) is 0 Å². The van der Waals surface area contributed by atoms with Crippen LogP contribution in [0.4, 0.5) is 5.00 Å². The summed E-state index contributed by atoms with van der Waals surface area (Å²) in [5.74, 6) is -1.14.